The van der Waals surface area contributed by atoms with Crippen LogP contribution in [-0.4, -0.2) is 0 Å². The van der Waals surface area contributed by atoms with Crippen LogP contribution in [0.5, 0.6) is 0 Å². The molecule has 0 aliphatic carbocycles. The molecule has 0 unspecified atom stereocenters. The molecule has 0 aliphatic heterocycles. The van der Waals surface area contributed by atoms with Crippen LogP contribution in [0.3, 0.4) is 0 Å². The van der Waals surface area contributed by atoms with Gasteiger partial charge in [-0.25, -0.2) is 0 Å². The Balaban J connectivity index is 1.07. The van der Waals surface area contributed by atoms with E-state index in [1.165, 1.54) is 42.4 Å². The summed E-state index contributed by atoms with van der Waals surface area (Å²) in [6, 6.07) is 58.5. The maximum atomic E-state index is 6.06. The molecule has 0 aliphatic rings. The van der Waals surface area contributed by atoms with E-state index < -0.39 is 0 Å². The summed E-state index contributed by atoms with van der Waals surface area (Å²) in [5.41, 5.74) is 10.1. The molecule has 212 valence electrons. The van der Waals surface area contributed by atoms with Gasteiger partial charge in [-0.3, -0.25) is 0 Å². The molecule has 0 radical (unpaired) electrons. The van der Waals surface area contributed by atoms with Crippen molar-refractivity contribution in [2.75, 3.05) is 4.90 Å². The molecule has 7 aromatic carbocycles. The van der Waals surface area contributed by atoms with Crippen LogP contribution >= 0.6 is 11.3 Å². The molecule has 0 spiro atoms. The molecule has 2 heterocycles. The van der Waals surface area contributed by atoms with Gasteiger partial charge in [-0.15, -0.1) is 11.3 Å². The predicted octanol–water partition coefficient (Wildman–Crippen LogP) is 12.8. The van der Waals surface area contributed by atoms with Crippen molar-refractivity contribution in [2.24, 2.45) is 0 Å². The van der Waals surface area contributed by atoms with E-state index >= 15 is 0 Å². The maximum Gasteiger partial charge on any atom is 0.135 e. The zero-order valence-electron chi connectivity index (χ0n) is 24.4. The zero-order valence-corrected chi connectivity index (χ0v) is 25.2. The van der Waals surface area contributed by atoms with Gasteiger partial charge in [-0.1, -0.05) is 91.0 Å². The highest BCUT2D eigenvalue weighted by molar-refractivity contribution is 7.25. The minimum Gasteiger partial charge on any atom is -0.456 e. The molecule has 0 atom stereocenters. The van der Waals surface area contributed by atoms with E-state index in [2.05, 4.69) is 157 Å². The molecule has 0 fully saturated rings. The Kier molecular flexibility index (Phi) is 6.03. The highest BCUT2D eigenvalue weighted by Crippen LogP contribution is 2.40. The molecule has 0 saturated heterocycles. The Morgan fingerprint density at radius 1 is 0.356 bits per heavy atom. The lowest BCUT2D eigenvalue weighted by Crippen LogP contribution is -2.09. The number of rotatable bonds is 5. The Labute approximate surface area is 265 Å². The van der Waals surface area contributed by atoms with E-state index in [1.54, 1.807) is 0 Å². The number of anilines is 3. The number of furan rings is 1. The Hall–Kier alpha value is -5.64. The summed E-state index contributed by atoms with van der Waals surface area (Å²) < 4.78 is 8.66. The molecule has 2 aromatic heterocycles. The molecule has 9 rings (SSSR count). The van der Waals surface area contributed by atoms with E-state index in [9.17, 15) is 0 Å². The fourth-order valence-corrected chi connectivity index (χ4v) is 7.57. The number of benzene rings is 7. The highest BCUT2D eigenvalue weighted by atomic mass is 32.1. The van der Waals surface area contributed by atoms with Crippen molar-refractivity contribution in [1.29, 1.82) is 0 Å². The van der Waals surface area contributed by atoms with Gasteiger partial charge in [-0.2, -0.15) is 0 Å². The Morgan fingerprint density at radius 3 is 1.69 bits per heavy atom. The summed E-state index contributed by atoms with van der Waals surface area (Å²) in [6.07, 6.45) is 0. The molecule has 9 aromatic rings. The van der Waals surface area contributed by atoms with Crippen LogP contribution in [0.15, 0.2) is 168 Å². The number of nitrogens with zero attached hydrogens (tertiary/aromatic N) is 1. The summed E-state index contributed by atoms with van der Waals surface area (Å²) in [5, 5.41) is 4.91. The van der Waals surface area contributed by atoms with Crippen molar-refractivity contribution >= 4 is 70.5 Å². The van der Waals surface area contributed by atoms with Gasteiger partial charge in [0.2, 0.25) is 0 Å². The van der Waals surface area contributed by atoms with Crippen molar-refractivity contribution in [3.05, 3.63) is 164 Å². The predicted molar refractivity (Wildman–Crippen MR) is 192 cm³/mol. The van der Waals surface area contributed by atoms with Gasteiger partial charge < -0.3 is 9.32 Å². The van der Waals surface area contributed by atoms with Crippen molar-refractivity contribution in [3.8, 4) is 22.3 Å². The summed E-state index contributed by atoms with van der Waals surface area (Å²) >= 11 is 1.86. The van der Waals surface area contributed by atoms with Crippen molar-refractivity contribution in [3.63, 3.8) is 0 Å². The minimum absolute atomic E-state index is 0.927. The van der Waals surface area contributed by atoms with Crippen LogP contribution in [0.1, 0.15) is 0 Å². The lowest BCUT2D eigenvalue weighted by Gasteiger charge is -2.25. The number of fused-ring (bicyclic) bond motifs is 6. The summed E-state index contributed by atoms with van der Waals surface area (Å²) in [7, 11) is 0. The number of para-hydroxylation sites is 3. The third-order valence-corrected chi connectivity index (χ3v) is 9.80. The van der Waals surface area contributed by atoms with Crippen LogP contribution < -0.4 is 4.90 Å². The standard InChI is InChI=1S/C42H27NOS/c1-3-9-32(10-4-1)43(33-11-5-2-6-12-33)34-20-15-28(16-21-34)29-19-24-41-38(26-29)36-22-17-31(27-42(36)45-41)30-18-23-40-37(25-30)35-13-7-8-14-39(35)44-40/h1-27H. The molecular formula is C42H27NOS. The smallest absolute Gasteiger partial charge is 0.135 e. The first-order valence-corrected chi connectivity index (χ1v) is 16.0. The van der Waals surface area contributed by atoms with Gasteiger partial charge in [0, 0.05) is 48.0 Å². The monoisotopic (exact) mass is 593 g/mol. The van der Waals surface area contributed by atoms with Crippen LogP contribution in [0.25, 0.3) is 64.4 Å². The highest BCUT2D eigenvalue weighted by Gasteiger charge is 2.14. The topological polar surface area (TPSA) is 16.4 Å². The third-order valence-electron chi connectivity index (χ3n) is 8.67. The number of hydrogen-bond donors (Lipinski definition) is 0. The van der Waals surface area contributed by atoms with E-state index in [-0.39, 0.29) is 0 Å². The summed E-state index contributed by atoms with van der Waals surface area (Å²) in [6.45, 7) is 0. The number of thiophene rings is 1. The first-order valence-electron chi connectivity index (χ1n) is 15.2. The zero-order chi connectivity index (χ0) is 29.7. The first kappa shape index (κ1) is 25.8. The molecule has 3 heteroatoms. The summed E-state index contributed by atoms with van der Waals surface area (Å²) in [4.78, 5) is 2.30. The van der Waals surface area contributed by atoms with Gasteiger partial charge in [0.05, 0.1) is 0 Å². The second-order valence-corrected chi connectivity index (χ2v) is 12.5. The van der Waals surface area contributed by atoms with Gasteiger partial charge in [0.1, 0.15) is 11.2 Å². The molecule has 45 heavy (non-hydrogen) atoms. The van der Waals surface area contributed by atoms with E-state index in [0.717, 1.165) is 39.0 Å². The van der Waals surface area contributed by atoms with Crippen LogP contribution in [0, 0.1) is 0 Å². The first-order chi connectivity index (χ1) is 22.3. The largest absolute Gasteiger partial charge is 0.456 e. The van der Waals surface area contributed by atoms with E-state index in [4.69, 9.17) is 4.42 Å². The number of hydrogen-bond acceptors (Lipinski definition) is 3. The molecule has 0 bridgehead atoms. The molecule has 0 N–H and O–H groups in total. The van der Waals surface area contributed by atoms with Gasteiger partial charge >= 0.3 is 0 Å². The molecule has 0 amide bonds. The SMILES string of the molecule is c1ccc(N(c2ccccc2)c2ccc(-c3ccc4sc5cc(-c6ccc7oc8ccccc8c7c6)ccc5c4c3)cc2)cc1. The van der Waals surface area contributed by atoms with Crippen LogP contribution in [-0.2, 0) is 0 Å². The second kappa shape index (κ2) is 10.5. The fourth-order valence-electron chi connectivity index (χ4n) is 6.45. The minimum atomic E-state index is 0.927. The van der Waals surface area contributed by atoms with Gasteiger partial charge in [0.25, 0.3) is 0 Å². The average molecular weight is 594 g/mol. The molecule has 0 saturated carbocycles. The Bertz CT molecular complexity index is 2430. The van der Waals surface area contributed by atoms with E-state index in [1.807, 2.05) is 23.5 Å². The fraction of sp³-hybridized carbons (Fsp3) is 0. The average Bonchev–Trinajstić information content (AvgIpc) is 3.67. The van der Waals surface area contributed by atoms with Gasteiger partial charge in [0.15, 0.2) is 0 Å². The van der Waals surface area contributed by atoms with E-state index in [0.29, 0.717) is 0 Å². The lowest BCUT2D eigenvalue weighted by molar-refractivity contribution is 0.669. The summed E-state index contributed by atoms with van der Waals surface area (Å²) in [5.74, 6) is 0. The van der Waals surface area contributed by atoms with Crippen LogP contribution in [0.4, 0.5) is 17.1 Å². The maximum absolute atomic E-state index is 6.06. The van der Waals surface area contributed by atoms with Crippen molar-refractivity contribution in [2.45, 2.75) is 0 Å². The van der Waals surface area contributed by atoms with Gasteiger partial charge in [-0.05, 0) is 95.1 Å². The second-order valence-electron chi connectivity index (χ2n) is 11.4. The van der Waals surface area contributed by atoms with Crippen molar-refractivity contribution < 1.29 is 4.42 Å². The lowest BCUT2D eigenvalue weighted by atomic mass is 10.00. The van der Waals surface area contributed by atoms with Crippen molar-refractivity contribution in [1.82, 2.24) is 0 Å². The van der Waals surface area contributed by atoms with Crippen LogP contribution in [0.2, 0.25) is 0 Å². The molecular weight excluding hydrogens is 567 g/mol. The third kappa shape index (κ3) is 4.48. The Morgan fingerprint density at radius 2 is 0.911 bits per heavy atom. The normalized spacial score (nSPS) is 11.6. The quantitative estimate of drug-likeness (QED) is 0.197. The molecule has 2 nitrogen and oxygen atoms in total.